The van der Waals surface area contributed by atoms with Gasteiger partial charge in [0.1, 0.15) is 6.29 Å². The third-order valence-electron chi connectivity index (χ3n) is 4.86. The molecule has 6 nitrogen and oxygen atoms in total. The molecule has 3 rings (SSSR count). The highest BCUT2D eigenvalue weighted by Gasteiger charge is 2.40. The molecule has 0 aliphatic heterocycles. The first-order chi connectivity index (χ1) is 12.1. The molecule has 1 amide bonds. The minimum atomic E-state index is -1.75. The number of aldehydes is 1. The fourth-order valence-corrected chi connectivity index (χ4v) is 3.21. The molecule has 25 heavy (non-hydrogen) atoms. The fraction of sp³-hybridized carbons (Fsp3) is 0.278. The second-order valence-electron chi connectivity index (χ2n) is 6.37. The van der Waals surface area contributed by atoms with E-state index in [0.717, 1.165) is 25.0 Å². The van der Waals surface area contributed by atoms with Crippen molar-refractivity contribution >= 4 is 24.8 Å². The van der Waals surface area contributed by atoms with Gasteiger partial charge in [0.15, 0.2) is 0 Å². The Morgan fingerprint density at radius 3 is 2.64 bits per heavy atom. The van der Waals surface area contributed by atoms with Crippen molar-refractivity contribution in [2.24, 2.45) is 0 Å². The number of benzene rings is 1. The first kappa shape index (κ1) is 17.3. The number of hydrogen-bond acceptors (Lipinski definition) is 5. The molecule has 3 N–H and O–H groups in total. The zero-order valence-corrected chi connectivity index (χ0v) is 13.7. The van der Waals surface area contributed by atoms with Gasteiger partial charge in [0.2, 0.25) is 0 Å². The van der Waals surface area contributed by atoms with Crippen molar-refractivity contribution in [2.45, 2.75) is 24.7 Å². The lowest BCUT2D eigenvalue weighted by Crippen LogP contribution is -2.46. The number of hydrogen-bond donors (Lipinski definition) is 3. The molecule has 1 aromatic heterocycles. The maximum Gasteiger partial charge on any atom is 0.489 e. The van der Waals surface area contributed by atoms with Crippen molar-refractivity contribution in [1.82, 2.24) is 10.3 Å². The van der Waals surface area contributed by atoms with E-state index in [1.165, 1.54) is 18.2 Å². The number of carbonyl (C=O) groups excluding carboxylic acids is 2. The summed E-state index contributed by atoms with van der Waals surface area (Å²) in [5.41, 5.74) is 1.32. The maximum atomic E-state index is 12.4. The number of aromatic nitrogens is 1. The first-order valence-corrected chi connectivity index (χ1v) is 8.21. The summed E-state index contributed by atoms with van der Waals surface area (Å²) < 4.78 is 0. The van der Waals surface area contributed by atoms with E-state index in [0.29, 0.717) is 18.4 Å². The van der Waals surface area contributed by atoms with Crippen LogP contribution >= 0.6 is 0 Å². The minimum absolute atomic E-state index is 0.0792. The summed E-state index contributed by atoms with van der Waals surface area (Å²) in [7, 11) is -1.75. The van der Waals surface area contributed by atoms with Gasteiger partial charge in [-0.2, -0.15) is 0 Å². The monoisotopic (exact) mass is 338 g/mol. The van der Waals surface area contributed by atoms with E-state index in [2.05, 4.69) is 10.3 Å². The van der Waals surface area contributed by atoms with Crippen LogP contribution in [0.2, 0.25) is 0 Å². The van der Waals surface area contributed by atoms with E-state index < -0.39 is 7.12 Å². The Hall–Kier alpha value is -2.51. The van der Waals surface area contributed by atoms with Gasteiger partial charge in [-0.15, -0.1) is 0 Å². The summed E-state index contributed by atoms with van der Waals surface area (Å²) in [6, 6.07) is 10.0. The van der Waals surface area contributed by atoms with Crippen LogP contribution in [-0.4, -0.2) is 40.9 Å². The first-order valence-electron chi connectivity index (χ1n) is 8.21. The molecule has 0 spiro atoms. The van der Waals surface area contributed by atoms with Gasteiger partial charge in [-0.3, -0.25) is 14.6 Å². The van der Waals surface area contributed by atoms with Gasteiger partial charge in [-0.05, 0) is 42.6 Å². The largest absolute Gasteiger partial charge is 0.489 e. The quantitative estimate of drug-likeness (QED) is 0.524. The molecule has 1 saturated carbocycles. The highest BCUT2D eigenvalue weighted by molar-refractivity contribution is 6.60. The van der Waals surface area contributed by atoms with Crippen molar-refractivity contribution in [3.8, 4) is 0 Å². The topological polar surface area (TPSA) is 99.5 Å². The smallest absolute Gasteiger partial charge is 0.423 e. The number of carbonyl (C=O) groups is 2. The molecule has 0 unspecified atom stereocenters. The molecule has 128 valence electrons. The molecule has 1 aliphatic rings. The van der Waals surface area contributed by atoms with Crippen LogP contribution in [0, 0.1) is 0 Å². The van der Waals surface area contributed by atoms with E-state index in [4.69, 9.17) is 0 Å². The number of nitrogens with zero attached hydrogens (tertiary/aromatic N) is 1. The number of nitrogens with one attached hydrogen (secondary N) is 1. The zero-order chi connectivity index (χ0) is 17.9. The van der Waals surface area contributed by atoms with E-state index in [9.17, 15) is 19.6 Å². The highest BCUT2D eigenvalue weighted by atomic mass is 16.4. The molecular weight excluding hydrogens is 319 g/mol. The fourth-order valence-electron chi connectivity index (χ4n) is 3.21. The lowest BCUT2D eigenvalue weighted by atomic mass is 9.66. The van der Waals surface area contributed by atoms with Crippen LogP contribution in [0.5, 0.6) is 0 Å². The van der Waals surface area contributed by atoms with Crippen molar-refractivity contribution in [2.75, 3.05) is 6.54 Å². The molecule has 0 atom stereocenters. The predicted molar refractivity (Wildman–Crippen MR) is 93.8 cm³/mol. The van der Waals surface area contributed by atoms with Crippen molar-refractivity contribution in [3.63, 3.8) is 0 Å². The van der Waals surface area contributed by atoms with Gasteiger partial charge in [0.25, 0.3) is 5.91 Å². The molecule has 0 saturated heterocycles. The average molecular weight is 338 g/mol. The summed E-state index contributed by atoms with van der Waals surface area (Å²) in [6.07, 6.45) is 5.31. The van der Waals surface area contributed by atoms with E-state index in [-0.39, 0.29) is 22.3 Å². The average Bonchev–Trinajstić information content (AvgIpc) is 2.60. The lowest BCUT2D eigenvalue weighted by Gasteiger charge is -2.41. The Labute approximate surface area is 146 Å². The number of rotatable bonds is 6. The zero-order valence-electron chi connectivity index (χ0n) is 13.7. The minimum Gasteiger partial charge on any atom is -0.423 e. The van der Waals surface area contributed by atoms with E-state index in [1.54, 1.807) is 6.20 Å². The lowest BCUT2D eigenvalue weighted by molar-refractivity contribution is 0.0926. The van der Waals surface area contributed by atoms with E-state index in [1.807, 2.05) is 18.2 Å². The van der Waals surface area contributed by atoms with Crippen LogP contribution in [0.25, 0.3) is 0 Å². The summed E-state index contributed by atoms with van der Waals surface area (Å²) in [5.74, 6) is -0.302. The third kappa shape index (κ3) is 3.47. The normalized spacial score (nSPS) is 15.1. The second-order valence-corrected chi connectivity index (χ2v) is 6.37. The maximum absolute atomic E-state index is 12.4. The van der Waals surface area contributed by atoms with Crippen molar-refractivity contribution in [3.05, 3.63) is 59.4 Å². The second kappa shape index (κ2) is 7.17. The molecule has 1 aliphatic carbocycles. The van der Waals surface area contributed by atoms with Crippen LogP contribution < -0.4 is 10.8 Å². The summed E-state index contributed by atoms with van der Waals surface area (Å²) >= 11 is 0. The molecule has 0 radical (unpaired) electrons. The third-order valence-corrected chi connectivity index (χ3v) is 4.86. The van der Waals surface area contributed by atoms with Crippen LogP contribution in [0.1, 0.15) is 45.7 Å². The van der Waals surface area contributed by atoms with Crippen molar-refractivity contribution in [1.29, 1.82) is 0 Å². The Morgan fingerprint density at radius 1 is 1.28 bits per heavy atom. The highest BCUT2D eigenvalue weighted by Crippen LogP contribution is 2.42. The summed E-state index contributed by atoms with van der Waals surface area (Å²) in [4.78, 5) is 28.0. The predicted octanol–water partition coefficient (Wildman–Crippen LogP) is 0.426. The Bertz CT molecular complexity index is 776. The van der Waals surface area contributed by atoms with Gasteiger partial charge in [0.05, 0.1) is 0 Å². The van der Waals surface area contributed by atoms with Crippen LogP contribution in [0.15, 0.2) is 42.6 Å². The Morgan fingerprint density at radius 2 is 2.08 bits per heavy atom. The number of amides is 1. The number of pyridine rings is 1. The Balaban J connectivity index is 1.73. The standard InChI is InChI=1S/C18H19BN2O4/c22-11-14-10-13(5-6-15(14)19(24)25)17(23)21-12-18(7-3-8-18)16-4-1-2-9-20-16/h1-2,4-6,9-11,24-25H,3,7-8,12H2,(H,21,23). The molecule has 1 aromatic carbocycles. The van der Waals surface area contributed by atoms with Crippen LogP contribution in [0.3, 0.4) is 0 Å². The van der Waals surface area contributed by atoms with Crippen LogP contribution in [-0.2, 0) is 5.41 Å². The van der Waals surface area contributed by atoms with Gasteiger partial charge >= 0.3 is 7.12 Å². The van der Waals surface area contributed by atoms with Gasteiger partial charge in [-0.1, -0.05) is 18.6 Å². The molecule has 2 aromatic rings. The SMILES string of the molecule is O=Cc1cc(C(=O)NCC2(c3ccccn3)CCC2)ccc1B(O)O. The summed E-state index contributed by atoms with van der Waals surface area (Å²) in [5, 5.41) is 21.4. The molecular formula is C18H19BN2O4. The van der Waals surface area contributed by atoms with Crippen LogP contribution in [0.4, 0.5) is 0 Å². The molecule has 1 fully saturated rings. The van der Waals surface area contributed by atoms with Gasteiger partial charge in [0, 0.05) is 35.0 Å². The van der Waals surface area contributed by atoms with Gasteiger partial charge in [-0.25, -0.2) is 0 Å². The Kier molecular flexibility index (Phi) is 4.97. The molecule has 0 bridgehead atoms. The van der Waals surface area contributed by atoms with Crippen molar-refractivity contribution < 1.29 is 19.6 Å². The molecule has 1 heterocycles. The summed E-state index contributed by atoms with van der Waals surface area (Å²) in [6.45, 7) is 0.476. The van der Waals surface area contributed by atoms with E-state index >= 15 is 0 Å². The van der Waals surface area contributed by atoms with Gasteiger partial charge < -0.3 is 15.4 Å². The molecule has 7 heteroatoms.